The van der Waals surface area contributed by atoms with Gasteiger partial charge >= 0.3 is 0 Å². The van der Waals surface area contributed by atoms with Crippen molar-refractivity contribution in [1.82, 2.24) is 0 Å². The number of hydrogen-bond acceptors (Lipinski definition) is 1. The molecule has 1 unspecified atom stereocenters. The summed E-state index contributed by atoms with van der Waals surface area (Å²) in [4.78, 5) is 12.3. The maximum Gasteiger partial charge on any atom is 0.228 e. The van der Waals surface area contributed by atoms with Crippen LogP contribution in [-0.2, 0) is 4.79 Å². The van der Waals surface area contributed by atoms with E-state index in [0.717, 1.165) is 30.5 Å². The average Bonchev–Trinajstić information content (AvgIpc) is 2.69. The van der Waals surface area contributed by atoms with Crippen LogP contribution in [-0.4, -0.2) is 5.91 Å². The lowest BCUT2D eigenvalue weighted by atomic mass is 9.81. The summed E-state index contributed by atoms with van der Waals surface area (Å²) in [5.41, 5.74) is 1.69. The lowest BCUT2D eigenvalue weighted by Crippen LogP contribution is -2.30. The van der Waals surface area contributed by atoms with Gasteiger partial charge in [-0.2, -0.15) is 0 Å². The van der Waals surface area contributed by atoms with E-state index in [2.05, 4.69) is 25.1 Å². The first-order valence-electron chi connectivity index (χ1n) is 6.40. The molecule has 0 bridgehead atoms. The zero-order valence-corrected chi connectivity index (χ0v) is 11.0. The Kier molecular flexibility index (Phi) is 3.43. The Hall–Kier alpha value is -1.75. The number of benzene rings is 1. The van der Waals surface area contributed by atoms with Crippen molar-refractivity contribution in [3.8, 4) is 12.3 Å². The second-order valence-electron chi connectivity index (χ2n) is 5.65. The molecule has 1 N–H and O–H groups in total. The molecule has 1 atom stereocenters. The molecule has 1 aromatic carbocycles. The molecule has 0 aliphatic heterocycles. The standard InChI is InChI=1S/C16H19NO/c1-4-12-7-5-8-13(11-12)17-15(18)14-9-6-10-16(14,2)3/h1,5,7-8,11,14H,6,9-10H2,2-3H3,(H,17,18). The third-order valence-electron chi connectivity index (χ3n) is 3.87. The fourth-order valence-corrected chi connectivity index (χ4v) is 2.73. The van der Waals surface area contributed by atoms with Crippen LogP contribution in [0.15, 0.2) is 24.3 Å². The summed E-state index contributed by atoms with van der Waals surface area (Å²) >= 11 is 0. The predicted octanol–water partition coefficient (Wildman–Crippen LogP) is 3.43. The molecular formula is C16H19NO. The first-order chi connectivity index (χ1) is 8.53. The van der Waals surface area contributed by atoms with Gasteiger partial charge in [-0.25, -0.2) is 0 Å². The highest BCUT2D eigenvalue weighted by Crippen LogP contribution is 2.43. The summed E-state index contributed by atoms with van der Waals surface area (Å²) < 4.78 is 0. The SMILES string of the molecule is C#Cc1cccc(NC(=O)C2CCCC2(C)C)c1. The van der Waals surface area contributed by atoms with Crippen LogP contribution in [0.5, 0.6) is 0 Å². The van der Waals surface area contributed by atoms with E-state index >= 15 is 0 Å². The number of nitrogens with one attached hydrogen (secondary N) is 1. The number of terminal acetylenes is 1. The summed E-state index contributed by atoms with van der Waals surface area (Å²) in [5, 5.41) is 2.98. The molecule has 0 spiro atoms. The second-order valence-corrected chi connectivity index (χ2v) is 5.65. The quantitative estimate of drug-likeness (QED) is 0.790. The van der Waals surface area contributed by atoms with E-state index in [-0.39, 0.29) is 17.2 Å². The van der Waals surface area contributed by atoms with Crippen LogP contribution >= 0.6 is 0 Å². The minimum Gasteiger partial charge on any atom is -0.326 e. The van der Waals surface area contributed by atoms with Crippen LogP contribution in [0.25, 0.3) is 0 Å². The molecule has 1 aliphatic carbocycles. The summed E-state index contributed by atoms with van der Waals surface area (Å²) in [6, 6.07) is 7.43. The Morgan fingerprint density at radius 2 is 2.28 bits per heavy atom. The summed E-state index contributed by atoms with van der Waals surface area (Å²) in [7, 11) is 0. The van der Waals surface area contributed by atoms with Gasteiger partial charge in [0.25, 0.3) is 0 Å². The first kappa shape index (κ1) is 12.7. The van der Waals surface area contributed by atoms with Gasteiger partial charge in [-0.1, -0.05) is 32.3 Å². The zero-order chi connectivity index (χ0) is 13.2. The Balaban J connectivity index is 2.10. The van der Waals surface area contributed by atoms with Gasteiger partial charge in [0.05, 0.1) is 0 Å². The molecule has 1 fully saturated rings. The fraction of sp³-hybridized carbons (Fsp3) is 0.438. The van der Waals surface area contributed by atoms with Crippen molar-refractivity contribution in [2.75, 3.05) is 5.32 Å². The summed E-state index contributed by atoms with van der Waals surface area (Å²) in [6.07, 6.45) is 8.59. The van der Waals surface area contributed by atoms with E-state index in [0.29, 0.717) is 0 Å². The number of rotatable bonds is 2. The van der Waals surface area contributed by atoms with Crippen molar-refractivity contribution in [3.63, 3.8) is 0 Å². The molecule has 2 nitrogen and oxygen atoms in total. The van der Waals surface area contributed by atoms with Crippen LogP contribution in [0.2, 0.25) is 0 Å². The topological polar surface area (TPSA) is 29.1 Å². The maximum atomic E-state index is 12.3. The minimum atomic E-state index is 0.104. The van der Waals surface area contributed by atoms with Crippen molar-refractivity contribution in [2.45, 2.75) is 33.1 Å². The van der Waals surface area contributed by atoms with Gasteiger partial charge in [-0.05, 0) is 36.5 Å². The number of anilines is 1. The lowest BCUT2D eigenvalue weighted by molar-refractivity contribution is -0.122. The number of amides is 1. The molecule has 2 rings (SSSR count). The molecule has 0 saturated heterocycles. The molecule has 1 saturated carbocycles. The van der Waals surface area contributed by atoms with Gasteiger partial charge in [0, 0.05) is 17.2 Å². The van der Waals surface area contributed by atoms with Crippen LogP contribution in [0, 0.1) is 23.7 Å². The van der Waals surface area contributed by atoms with E-state index < -0.39 is 0 Å². The highest BCUT2D eigenvalue weighted by atomic mass is 16.1. The minimum absolute atomic E-state index is 0.104. The Morgan fingerprint density at radius 3 is 2.89 bits per heavy atom. The molecule has 0 aromatic heterocycles. The van der Waals surface area contributed by atoms with Crippen LogP contribution in [0.3, 0.4) is 0 Å². The lowest BCUT2D eigenvalue weighted by Gasteiger charge is -2.25. The highest BCUT2D eigenvalue weighted by molar-refractivity contribution is 5.93. The van der Waals surface area contributed by atoms with Crippen molar-refractivity contribution in [2.24, 2.45) is 11.3 Å². The van der Waals surface area contributed by atoms with E-state index in [1.54, 1.807) is 0 Å². The van der Waals surface area contributed by atoms with E-state index in [1.807, 2.05) is 24.3 Å². The molecule has 1 aliphatic rings. The van der Waals surface area contributed by atoms with Gasteiger partial charge in [0.1, 0.15) is 0 Å². The van der Waals surface area contributed by atoms with Crippen LogP contribution < -0.4 is 5.32 Å². The molecule has 1 amide bonds. The van der Waals surface area contributed by atoms with Gasteiger partial charge in [-0.15, -0.1) is 6.42 Å². The Morgan fingerprint density at radius 1 is 1.50 bits per heavy atom. The van der Waals surface area contributed by atoms with E-state index in [1.165, 1.54) is 0 Å². The fourth-order valence-electron chi connectivity index (χ4n) is 2.73. The number of hydrogen-bond donors (Lipinski definition) is 1. The smallest absolute Gasteiger partial charge is 0.228 e. The molecular weight excluding hydrogens is 222 g/mol. The normalized spacial score (nSPS) is 21.3. The van der Waals surface area contributed by atoms with E-state index in [4.69, 9.17) is 6.42 Å². The second kappa shape index (κ2) is 4.86. The third kappa shape index (κ3) is 2.56. The number of carbonyl (C=O) groups is 1. The monoisotopic (exact) mass is 241 g/mol. The largest absolute Gasteiger partial charge is 0.326 e. The third-order valence-corrected chi connectivity index (χ3v) is 3.87. The molecule has 2 heteroatoms. The summed E-state index contributed by atoms with van der Waals surface area (Å²) in [5.74, 6) is 2.80. The molecule has 0 radical (unpaired) electrons. The Bertz CT molecular complexity index is 496. The van der Waals surface area contributed by atoms with Crippen molar-refractivity contribution in [3.05, 3.63) is 29.8 Å². The van der Waals surface area contributed by atoms with Crippen LogP contribution in [0.1, 0.15) is 38.7 Å². The van der Waals surface area contributed by atoms with Gasteiger partial charge < -0.3 is 5.32 Å². The van der Waals surface area contributed by atoms with Crippen molar-refractivity contribution < 1.29 is 4.79 Å². The first-order valence-corrected chi connectivity index (χ1v) is 6.40. The average molecular weight is 241 g/mol. The molecule has 94 valence electrons. The molecule has 0 heterocycles. The maximum absolute atomic E-state index is 12.3. The van der Waals surface area contributed by atoms with Crippen molar-refractivity contribution >= 4 is 11.6 Å². The van der Waals surface area contributed by atoms with E-state index in [9.17, 15) is 4.79 Å². The van der Waals surface area contributed by atoms with Crippen molar-refractivity contribution in [1.29, 1.82) is 0 Å². The summed E-state index contributed by atoms with van der Waals surface area (Å²) in [6.45, 7) is 4.34. The van der Waals surface area contributed by atoms with Gasteiger partial charge in [0.15, 0.2) is 0 Å². The van der Waals surface area contributed by atoms with Gasteiger partial charge in [-0.3, -0.25) is 4.79 Å². The Labute approximate surface area is 109 Å². The van der Waals surface area contributed by atoms with Crippen LogP contribution in [0.4, 0.5) is 5.69 Å². The zero-order valence-electron chi connectivity index (χ0n) is 11.0. The van der Waals surface area contributed by atoms with Gasteiger partial charge in [0.2, 0.25) is 5.91 Å². The molecule has 18 heavy (non-hydrogen) atoms. The highest BCUT2D eigenvalue weighted by Gasteiger charge is 2.39. The molecule has 1 aromatic rings. The number of carbonyl (C=O) groups excluding carboxylic acids is 1. The predicted molar refractivity (Wildman–Crippen MR) is 74.1 cm³/mol.